The highest BCUT2D eigenvalue weighted by Gasteiger charge is 2.02. The van der Waals surface area contributed by atoms with E-state index in [-0.39, 0.29) is 0 Å². The number of hydrogen-bond donors (Lipinski definition) is 1. The predicted octanol–water partition coefficient (Wildman–Crippen LogP) is 3.64. The number of nitrogens with zero attached hydrogens (tertiary/aromatic N) is 2. The van der Waals surface area contributed by atoms with Gasteiger partial charge in [0.05, 0.1) is 5.55 Å². The Kier molecular flexibility index (Phi) is 3.99. The van der Waals surface area contributed by atoms with E-state index < -0.39 is 0 Å². The van der Waals surface area contributed by atoms with E-state index in [0.717, 1.165) is 27.1 Å². The Morgan fingerprint density at radius 1 is 1.39 bits per heavy atom. The lowest BCUT2D eigenvalue weighted by Gasteiger charge is -2.06. The molecule has 92 valence electrons. The Hall–Kier alpha value is -1.81. The second-order valence-corrected chi connectivity index (χ2v) is 4.73. The van der Waals surface area contributed by atoms with Crippen molar-refractivity contribution in [3.63, 3.8) is 0 Å². The van der Waals surface area contributed by atoms with Crippen molar-refractivity contribution >= 4 is 38.8 Å². The maximum Gasteiger partial charge on any atom is 0.126 e. The van der Waals surface area contributed by atoms with Crippen LogP contribution in [0.5, 0.6) is 0 Å². The molecule has 0 saturated carbocycles. The molecule has 2 aromatic rings. The third-order valence-electron chi connectivity index (χ3n) is 2.60. The average molecular weight is 257 g/mol. The molecule has 0 spiro atoms. The van der Waals surface area contributed by atoms with Gasteiger partial charge in [-0.1, -0.05) is 30.5 Å². The van der Waals surface area contributed by atoms with Crippen LogP contribution in [0.3, 0.4) is 0 Å². The molecule has 1 aromatic heterocycles. The highest BCUT2D eigenvalue weighted by molar-refractivity contribution is 8.20. The quantitative estimate of drug-likeness (QED) is 0.671. The second kappa shape index (κ2) is 5.69. The van der Waals surface area contributed by atoms with Gasteiger partial charge < -0.3 is 5.32 Å². The molecule has 0 aliphatic rings. The first-order valence-corrected chi connectivity index (χ1v) is 6.46. The lowest BCUT2D eigenvalue weighted by Crippen LogP contribution is -1.91. The molecule has 1 aromatic carbocycles. The molecule has 0 atom stereocenters. The van der Waals surface area contributed by atoms with Gasteiger partial charge in [-0.05, 0) is 23.1 Å². The Morgan fingerprint density at radius 3 is 2.94 bits per heavy atom. The minimum Gasteiger partial charge on any atom is -0.373 e. The third kappa shape index (κ3) is 2.71. The maximum absolute atomic E-state index is 4.29. The van der Waals surface area contributed by atoms with Gasteiger partial charge in [0.15, 0.2) is 0 Å². The highest BCUT2D eigenvalue weighted by Crippen LogP contribution is 2.27. The van der Waals surface area contributed by atoms with E-state index in [0.29, 0.717) is 0 Å². The summed E-state index contributed by atoms with van der Waals surface area (Å²) in [5.41, 5.74) is 2.90. The fraction of sp³-hybridized carbons (Fsp3) is 0.143. The number of rotatable bonds is 4. The zero-order valence-corrected chi connectivity index (χ0v) is 11.3. The molecule has 0 aliphatic heterocycles. The number of pyridine rings is 1. The smallest absolute Gasteiger partial charge is 0.126 e. The van der Waals surface area contributed by atoms with Crippen LogP contribution in [0, 0.1) is 0 Å². The van der Waals surface area contributed by atoms with Gasteiger partial charge in [0, 0.05) is 30.6 Å². The number of aliphatic imine (C=N–C) groups is 1. The van der Waals surface area contributed by atoms with Crippen molar-refractivity contribution in [2.45, 2.75) is 0 Å². The van der Waals surface area contributed by atoms with Crippen molar-refractivity contribution in [3.05, 3.63) is 42.6 Å². The van der Waals surface area contributed by atoms with Crippen LogP contribution in [0.1, 0.15) is 5.56 Å². The van der Waals surface area contributed by atoms with Crippen LogP contribution >= 0.6 is 11.8 Å². The van der Waals surface area contributed by atoms with Crippen LogP contribution in [0.4, 0.5) is 5.82 Å². The van der Waals surface area contributed by atoms with Gasteiger partial charge in [0.1, 0.15) is 5.82 Å². The summed E-state index contributed by atoms with van der Waals surface area (Å²) in [5.74, 6) is 0.869. The Morgan fingerprint density at radius 2 is 2.22 bits per heavy atom. The fourth-order valence-corrected chi connectivity index (χ4v) is 2.13. The van der Waals surface area contributed by atoms with Crippen LogP contribution in [-0.2, 0) is 0 Å². The SMILES string of the molecule is C=C(SC=NC)c1ccc2cnc(NC)cc2c1. The van der Waals surface area contributed by atoms with Crippen molar-refractivity contribution in [1.82, 2.24) is 4.98 Å². The summed E-state index contributed by atoms with van der Waals surface area (Å²) < 4.78 is 0. The second-order valence-electron chi connectivity index (χ2n) is 3.79. The molecule has 18 heavy (non-hydrogen) atoms. The van der Waals surface area contributed by atoms with E-state index in [2.05, 4.69) is 40.1 Å². The van der Waals surface area contributed by atoms with Crippen LogP contribution in [0.2, 0.25) is 0 Å². The monoisotopic (exact) mass is 257 g/mol. The number of fused-ring (bicyclic) bond motifs is 1. The lowest BCUT2D eigenvalue weighted by atomic mass is 10.1. The zero-order chi connectivity index (χ0) is 13.0. The summed E-state index contributed by atoms with van der Waals surface area (Å²) in [6.45, 7) is 4.05. The number of benzene rings is 1. The molecule has 0 aliphatic carbocycles. The Labute approximate surface area is 111 Å². The van der Waals surface area contributed by atoms with Gasteiger partial charge in [-0.25, -0.2) is 4.98 Å². The Bertz CT molecular complexity index is 605. The molecule has 3 nitrogen and oxygen atoms in total. The molecule has 0 saturated heterocycles. The van der Waals surface area contributed by atoms with E-state index in [1.54, 1.807) is 12.6 Å². The average Bonchev–Trinajstić information content (AvgIpc) is 2.43. The van der Waals surface area contributed by atoms with Gasteiger partial charge in [-0.15, -0.1) is 0 Å². The minimum absolute atomic E-state index is 0.869. The summed E-state index contributed by atoms with van der Waals surface area (Å²) in [5, 5.41) is 5.32. The summed E-state index contributed by atoms with van der Waals surface area (Å²) in [6.07, 6.45) is 1.87. The molecule has 4 heteroatoms. The highest BCUT2D eigenvalue weighted by atomic mass is 32.2. The molecular formula is C14H15N3S. The molecular weight excluding hydrogens is 242 g/mol. The fourth-order valence-electron chi connectivity index (χ4n) is 1.64. The van der Waals surface area contributed by atoms with E-state index >= 15 is 0 Å². The molecule has 0 radical (unpaired) electrons. The molecule has 0 amide bonds. The van der Waals surface area contributed by atoms with E-state index in [4.69, 9.17) is 0 Å². The minimum atomic E-state index is 0.869. The van der Waals surface area contributed by atoms with Gasteiger partial charge in [-0.3, -0.25) is 4.99 Å². The van der Waals surface area contributed by atoms with E-state index in [1.165, 1.54) is 11.8 Å². The topological polar surface area (TPSA) is 37.3 Å². The Balaban J connectivity index is 2.39. The van der Waals surface area contributed by atoms with Gasteiger partial charge in [0.2, 0.25) is 0 Å². The van der Waals surface area contributed by atoms with Gasteiger partial charge in [-0.2, -0.15) is 0 Å². The first kappa shape index (κ1) is 12.6. The number of nitrogens with one attached hydrogen (secondary N) is 1. The van der Waals surface area contributed by atoms with E-state index in [9.17, 15) is 0 Å². The third-order valence-corrected chi connectivity index (χ3v) is 3.44. The number of thioether (sulfide) groups is 1. The molecule has 1 N–H and O–H groups in total. The van der Waals surface area contributed by atoms with Gasteiger partial charge >= 0.3 is 0 Å². The number of aromatic nitrogens is 1. The lowest BCUT2D eigenvalue weighted by molar-refractivity contribution is 1.31. The molecule has 0 fully saturated rings. The van der Waals surface area contributed by atoms with Gasteiger partial charge in [0.25, 0.3) is 0 Å². The first-order chi connectivity index (χ1) is 8.74. The first-order valence-electron chi connectivity index (χ1n) is 5.58. The van der Waals surface area contributed by atoms with Crippen LogP contribution in [-0.4, -0.2) is 24.6 Å². The van der Waals surface area contributed by atoms with Crippen LogP contribution in [0.25, 0.3) is 15.7 Å². The summed E-state index contributed by atoms with van der Waals surface area (Å²) in [4.78, 5) is 9.23. The largest absolute Gasteiger partial charge is 0.373 e. The molecule has 0 unspecified atom stereocenters. The summed E-state index contributed by atoms with van der Waals surface area (Å²) in [7, 11) is 3.62. The normalized spacial score (nSPS) is 11.0. The van der Waals surface area contributed by atoms with Crippen molar-refractivity contribution in [1.29, 1.82) is 0 Å². The number of anilines is 1. The van der Waals surface area contributed by atoms with Crippen LogP contribution in [0.15, 0.2) is 42.0 Å². The van der Waals surface area contributed by atoms with Crippen molar-refractivity contribution < 1.29 is 0 Å². The zero-order valence-electron chi connectivity index (χ0n) is 10.5. The summed E-state index contributed by atoms with van der Waals surface area (Å²) >= 11 is 1.53. The molecule has 0 bridgehead atoms. The van der Waals surface area contributed by atoms with Crippen molar-refractivity contribution in [3.8, 4) is 0 Å². The predicted molar refractivity (Wildman–Crippen MR) is 82.3 cm³/mol. The van der Waals surface area contributed by atoms with Crippen LogP contribution < -0.4 is 5.32 Å². The number of hydrogen-bond acceptors (Lipinski definition) is 4. The van der Waals surface area contributed by atoms with Crippen molar-refractivity contribution in [2.24, 2.45) is 4.99 Å². The van der Waals surface area contributed by atoms with Crippen molar-refractivity contribution in [2.75, 3.05) is 19.4 Å². The summed E-state index contributed by atoms with van der Waals surface area (Å²) in [6, 6.07) is 8.27. The molecule has 2 rings (SSSR count). The maximum atomic E-state index is 4.29. The van der Waals surface area contributed by atoms with E-state index in [1.807, 2.05) is 19.3 Å². The standard InChI is InChI=1S/C14H15N3S/c1-10(18-9-15-2)11-4-5-12-8-17-14(16-3)7-13(12)6-11/h4-9H,1H2,2-3H3,(H,16,17). The molecule has 1 heterocycles.